The molecule has 0 saturated heterocycles. The van der Waals surface area contributed by atoms with Crippen LogP contribution in [0.25, 0.3) is 0 Å². The van der Waals surface area contributed by atoms with E-state index in [2.05, 4.69) is 212 Å². The number of nitrogens with one attached hydrogen (secondary N) is 3. The summed E-state index contributed by atoms with van der Waals surface area (Å²) in [6.07, 6.45) is 5.45. The minimum Gasteiger partial charge on any atom is -1.00 e. The van der Waals surface area contributed by atoms with Crippen LogP contribution in [-0.2, 0) is 17.1 Å². The Morgan fingerprint density at radius 2 is 0.413 bits per heavy atom. The maximum atomic E-state index is 4.38. The number of pyridine rings is 3. The van der Waals surface area contributed by atoms with Gasteiger partial charge in [-0.25, -0.2) is 30.2 Å². The summed E-state index contributed by atoms with van der Waals surface area (Å²) in [6, 6.07) is 81.3. The Balaban J connectivity index is 0.000000203. The van der Waals surface area contributed by atoms with Gasteiger partial charge in [0.05, 0.1) is 0 Å². The quantitative estimate of drug-likeness (QED) is 0.128. The van der Waals surface area contributed by atoms with Crippen LogP contribution in [0.3, 0.4) is 0 Å². The van der Waals surface area contributed by atoms with Crippen LogP contribution < -0.4 is 81.1 Å². The fraction of sp³-hybridized carbons (Fsp3) is 0. The molecule has 0 aliphatic carbocycles. The third-order valence-electron chi connectivity index (χ3n) is 9.13. The van der Waals surface area contributed by atoms with Crippen molar-refractivity contribution in [2.45, 2.75) is 0 Å². The summed E-state index contributed by atoms with van der Waals surface area (Å²) < 4.78 is 0. The predicted molar refractivity (Wildman–Crippen MR) is 265 cm³/mol. The SMILES string of the molecule is [Br-].[Br-].[Fe+2].c1ccc([PH+](Nc2ccccn2)c2ccccc2)cc1.c1ccc([PH+](Nc2ccccn2)c2ccccc2)cc1.c1ccc([PH+](Nc2ccccn2)c2ccccc2)cc1. The van der Waals surface area contributed by atoms with Crippen LogP contribution in [0, 0.1) is 0 Å². The van der Waals surface area contributed by atoms with E-state index in [4.69, 9.17) is 0 Å². The minimum atomic E-state index is -1.06. The minimum absolute atomic E-state index is 0. The monoisotopic (exact) mass is 1050 g/mol. The number of benzene rings is 6. The first kappa shape index (κ1) is 50.6. The summed E-state index contributed by atoms with van der Waals surface area (Å²) in [5.74, 6) is 2.78. The third kappa shape index (κ3) is 16.2. The summed E-state index contributed by atoms with van der Waals surface area (Å²) in [5, 5.41) is 18.8. The molecule has 0 saturated carbocycles. The Kier molecular flexibility index (Phi) is 23.0. The van der Waals surface area contributed by atoms with Gasteiger partial charge >= 0.3 is 17.1 Å². The maximum Gasteiger partial charge on any atom is 2.00 e. The van der Waals surface area contributed by atoms with Crippen molar-refractivity contribution in [2.24, 2.45) is 0 Å². The van der Waals surface area contributed by atoms with Gasteiger partial charge in [-0.1, -0.05) is 127 Å². The molecule has 0 spiro atoms. The van der Waals surface area contributed by atoms with Crippen molar-refractivity contribution in [3.8, 4) is 0 Å². The molecule has 6 nitrogen and oxygen atoms in total. The van der Waals surface area contributed by atoms with Crippen LogP contribution in [-0.4, -0.2) is 15.0 Å². The number of rotatable bonds is 12. The number of anilines is 3. The Bertz CT molecular complexity index is 2110. The van der Waals surface area contributed by atoms with E-state index in [0.29, 0.717) is 0 Å². The van der Waals surface area contributed by atoms with Gasteiger partial charge < -0.3 is 34.0 Å². The fourth-order valence-corrected chi connectivity index (χ4v) is 12.5. The molecule has 3 heterocycles. The molecule has 0 bridgehead atoms. The van der Waals surface area contributed by atoms with Crippen LogP contribution in [0.1, 0.15) is 0 Å². The van der Waals surface area contributed by atoms with Gasteiger partial charge in [-0.05, 0) is 109 Å². The van der Waals surface area contributed by atoms with E-state index >= 15 is 0 Å². The van der Waals surface area contributed by atoms with Gasteiger partial charge in [0.25, 0.3) is 0 Å². The molecular weight excluding hydrogens is 1010 g/mol. The zero-order valence-corrected chi connectivity index (χ0v) is 41.5. The average Bonchev–Trinajstić information content (AvgIpc) is 3.35. The third-order valence-corrected chi connectivity index (χ3v) is 16.1. The first-order valence-corrected chi connectivity index (χ1v) is 24.3. The molecule has 3 N–H and O–H groups in total. The van der Waals surface area contributed by atoms with E-state index in [1.807, 2.05) is 73.2 Å². The van der Waals surface area contributed by atoms with Gasteiger partial charge in [-0.3, -0.25) is 0 Å². The standard InChI is InChI=1S/3C17H15N2P.2BrH.Fe/c3*1-3-9-15(10-4-1)20(16-11-5-2-6-12-16)19-17-13-7-8-14-18-17;;;/h3*1-14H,(H,18,19);2*1H;/q;;;;;+2/p+1. The Labute approximate surface area is 406 Å². The van der Waals surface area contributed by atoms with E-state index in [0.717, 1.165) is 17.5 Å². The number of hydrogen-bond donors (Lipinski definition) is 3. The number of halogens is 2. The van der Waals surface area contributed by atoms with Crippen LogP contribution in [0.15, 0.2) is 255 Å². The van der Waals surface area contributed by atoms with Crippen molar-refractivity contribution in [3.63, 3.8) is 0 Å². The molecule has 0 radical (unpaired) electrons. The van der Waals surface area contributed by atoms with Gasteiger partial charge in [0.1, 0.15) is 31.8 Å². The van der Waals surface area contributed by atoms with Crippen molar-refractivity contribution in [1.82, 2.24) is 15.0 Å². The van der Waals surface area contributed by atoms with Crippen molar-refractivity contribution in [2.75, 3.05) is 15.3 Å². The second-order valence-corrected chi connectivity index (χ2v) is 19.8. The molecule has 12 heteroatoms. The summed E-state index contributed by atoms with van der Waals surface area (Å²) in [4.78, 5) is 13.2. The molecule has 0 amide bonds. The number of nitrogens with zero attached hydrogens (tertiary/aromatic N) is 3. The van der Waals surface area contributed by atoms with Crippen molar-refractivity contribution >= 4 is 73.5 Å². The average molecular weight is 1050 g/mol. The van der Waals surface area contributed by atoms with Gasteiger partial charge in [0.15, 0.2) is 41.7 Å². The number of hydrogen-bond acceptors (Lipinski definition) is 6. The normalized spacial score (nSPS) is 9.95. The molecule has 0 aliphatic rings. The largest absolute Gasteiger partial charge is 2.00 e. The van der Waals surface area contributed by atoms with Crippen LogP contribution in [0.2, 0.25) is 0 Å². The zero-order chi connectivity index (χ0) is 40.9. The van der Waals surface area contributed by atoms with Crippen molar-refractivity contribution in [3.05, 3.63) is 255 Å². The Morgan fingerprint density at radius 1 is 0.238 bits per heavy atom. The van der Waals surface area contributed by atoms with Gasteiger partial charge in [0.2, 0.25) is 0 Å². The van der Waals surface area contributed by atoms with E-state index in [9.17, 15) is 0 Å². The second kappa shape index (κ2) is 28.6. The molecule has 316 valence electrons. The molecule has 6 aromatic carbocycles. The molecule has 0 fully saturated rings. The molecule has 9 aromatic rings. The van der Waals surface area contributed by atoms with E-state index in [1.165, 1.54) is 31.8 Å². The van der Waals surface area contributed by atoms with Gasteiger partial charge in [0, 0.05) is 18.6 Å². The summed E-state index contributed by atoms with van der Waals surface area (Å²) >= 11 is 0. The predicted octanol–water partition coefficient (Wildman–Crippen LogP) is 3.83. The zero-order valence-electron chi connectivity index (χ0n) is 34.2. The molecule has 0 unspecified atom stereocenters. The summed E-state index contributed by atoms with van der Waals surface area (Å²) in [6.45, 7) is 0. The molecule has 0 aliphatic heterocycles. The molecule has 63 heavy (non-hydrogen) atoms. The van der Waals surface area contributed by atoms with Crippen LogP contribution >= 0.6 is 24.2 Å². The molecule has 0 atom stereocenters. The topological polar surface area (TPSA) is 74.8 Å². The molecule has 3 aromatic heterocycles. The van der Waals surface area contributed by atoms with Gasteiger partial charge in [-0.2, -0.15) is 0 Å². The summed E-state index contributed by atoms with van der Waals surface area (Å²) in [5.41, 5.74) is 0. The molecule has 9 rings (SSSR count). The summed E-state index contributed by atoms with van der Waals surface area (Å²) in [7, 11) is -3.19. The first-order chi connectivity index (χ1) is 29.8. The van der Waals surface area contributed by atoms with Crippen molar-refractivity contribution in [1.29, 1.82) is 0 Å². The number of aromatic nitrogens is 3. The van der Waals surface area contributed by atoms with Gasteiger partial charge in [-0.15, -0.1) is 0 Å². The van der Waals surface area contributed by atoms with Crippen LogP contribution in [0.5, 0.6) is 0 Å². The second-order valence-electron chi connectivity index (χ2n) is 13.3. The van der Waals surface area contributed by atoms with E-state index < -0.39 is 24.2 Å². The van der Waals surface area contributed by atoms with E-state index in [-0.39, 0.29) is 51.0 Å². The molecular formula is C51H48Br2FeN6P3+3. The first-order valence-electron chi connectivity index (χ1n) is 19.8. The smallest absolute Gasteiger partial charge is 1.00 e. The maximum absolute atomic E-state index is 4.38. The Hall–Kier alpha value is -5.06. The Morgan fingerprint density at radius 3 is 0.571 bits per heavy atom. The van der Waals surface area contributed by atoms with Crippen molar-refractivity contribution < 1.29 is 51.0 Å². The van der Waals surface area contributed by atoms with E-state index in [1.54, 1.807) is 0 Å². The van der Waals surface area contributed by atoms with Crippen LogP contribution in [0.4, 0.5) is 17.5 Å². The fourth-order valence-electron chi connectivity index (χ4n) is 6.26.